The molecule has 0 spiro atoms. The average Bonchev–Trinajstić information content (AvgIpc) is 3.12. The summed E-state index contributed by atoms with van der Waals surface area (Å²) in [5, 5.41) is 8.18. The van der Waals surface area contributed by atoms with Crippen molar-refractivity contribution >= 4 is 50.4 Å². The average molecular weight is 331 g/mol. The highest BCUT2D eigenvalue weighted by molar-refractivity contribution is 7.18. The number of rotatable bonds is 4. The van der Waals surface area contributed by atoms with Gasteiger partial charge in [0.15, 0.2) is 0 Å². The van der Waals surface area contributed by atoms with Crippen molar-refractivity contribution in [1.82, 2.24) is 10.3 Å². The van der Waals surface area contributed by atoms with E-state index in [9.17, 15) is 9.59 Å². The Hall–Kier alpha value is -2.25. The van der Waals surface area contributed by atoms with Crippen molar-refractivity contribution < 1.29 is 9.59 Å². The van der Waals surface area contributed by atoms with Gasteiger partial charge in [-0.3, -0.25) is 9.59 Å². The van der Waals surface area contributed by atoms with E-state index in [0.29, 0.717) is 10.6 Å². The van der Waals surface area contributed by atoms with Crippen LogP contribution in [0.15, 0.2) is 35.7 Å². The fourth-order valence-electron chi connectivity index (χ4n) is 1.98. The van der Waals surface area contributed by atoms with E-state index in [4.69, 9.17) is 0 Å². The van der Waals surface area contributed by atoms with Gasteiger partial charge in [-0.1, -0.05) is 6.07 Å². The molecule has 22 heavy (non-hydrogen) atoms. The molecule has 0 aliphatic heterocycles. The van der Waals surface area contributed by atoms with Gasteiger partial charge < -0.3 is 10.6 Å². The van der Waals surface area contributed by atoms with Crippen LogP contribution >= 0.6 is 22.7 Å². The van der Waals surface area contributed by atoms with E-state index in [2.05, 4.69) is 15.6 Å². The number of hydrogen-bond acceptors (Lipinski definition) is 5. The largest absolute Gasteiger partial charge is 0.342 e. The molecule has 3 rings (SSSR count). The van der Waals surface area contributed by atoms with Crippen molar-refractivity contribution in [1.29, 1.82) is 0 Å². The molecule has 0 saturated heterocycles. The number of benzene rings is 1. The molecule has 0 bridgehead atoms. The lowest BCUT2D eigenvalue weighted by Gasteiger charge is -2.06. The van der Waals surface area contributed by atoms with Crippen LogP contribution in [0, 0.1) is 6.92 Å². The fraction of sp³-hybridized carbons (Fsp3) is 0.133. The highest BCUT2D eigenvalue weighted by atomic mass is 32.1. The third-order valence-corrected chi connectivity index (χ3v) is 4.74. The van der Waals surface area contributed by atoms with Gasteiger partial charge in [-0.05, 0) is 36.6 Å². The van der Waals surface area contributed by atoms with Gasteiger partial charge in [0.2, 0.25) is 5.91 Å². The minimum absolute atomic E-state index is 0.0590. The second kappa shape index (κ2) is 6.25. The van der Waals surface area contributed by atoms with Crippen molar-refractivity contribution in [2.45, 2.75) is 6.92 Å². The first-order chi connectivity index (χ1) is 10.6. The Morgan fingerprint density at radius 2 is 2.14 bits per heavy atom. The third-order valence-electron chi connectivity index (χ3n) is 2.93. The van der Waals surface area contributed by atoms with E-state index in [0.717, 1.165) is 15.2 Å². The minimum Gasteiger partial charge on any atom is -0.342 e. The lowest BCUT2D eigenvalue weighted by Crippen LogP contribution is -2.32. The zero-order chi connectivity index (χ0) is 15.5. The van der Waals surface area contributed by atoms with Crippen LogP contribution in [0.1, 0.15) is 14.7 Å². The lowest BCUT2D eigenvalue weighted by molar-refractivity contribution is -0.115. The molecule has 0 aliphatic rings. The molecule has 2 heterocycles. The normalized spacial score (nSPS) is 10.6. The predicted octanol–water partition coefficient (Wildman–Crippen LogP) is 3.03. The Balaban J connectivity index is 1.59. The monoisotopic (exact) mass is 331 g/mol. The molecule has 0 atom stereocenters. The molecule has 0 unspecified atom stereocenters. The number of hydrogen-bond donors (Lipinski definition) is 2. The van der Waals surface area contributed by atoms with Crippen LogP contribution in [-0.4, -0.2) is 23.3 Å². The maximum Gasteiger partial charge on any atom is 0.261 e. The van der Waals surface area contributed by atoms with Gasteiger partial charge in [0.25, 0.3) is 5.91 Å². The second-order valence-corrected chi connectivity index (χ2v) is 6.81. The van der Waals surface area contributed by atoms with Gasteiger partial charge in [0, 0.05) is 5.69 Å². The van der Waals surface area contributed by atoms with Crippen LogP contribution in [0.2, 0.25) is 0 Å². The van der Waals surface area contributed by atoms with E-state index in [1.165, 1.54) is 11.3 Å². The van der Waals surface area contributed by atoms with E-state index in [1.54, 1.807) is 29.5 Å². The first-order valence-electron chi connectivity index (χ1n) is 6.60. The number of thiazole rings is 1. The van der Waals surface area contributed by atoms with Crippen molar-refractivity contribution in [3.63, 3.8) is 0 Å². The van der Waals surface area contributed by atoms with Gasteiger partial charge in [0.1, 0.15) is 0 Å². The van der Waals surface area contributed by atoms with Gasteiger partial charge in [-0.25, -0.2) is 4.98 Å². The van der Waals surface area contributed by atoms with Crippen molar-refractivity contribution in [3.8, 4) is 0 Å². The summed E-state index contributed by atoms with van der Waals surface area (Å²) in [6, 6.07) is 9.09. The maximum atomic E-state index is 11.9. The summed E-state index contributed by atoms with van der Waals surface area (Å²) in [4.78, 5) is 28.6. The molecule has 5 nitrogen and oxygen atoms in total. The van der Waals surface area contributed by atoms with Crippen LogP contribution in [0.4, 0.5) is 5.69 Å². The van der Waals surface area contributed by atoms with Gasteiger partial charge >= 0.3 is 0 Å². The highest BCUT2D eigenvalue weighted by Gasteiger charge is 2.09. The molecular weight excluding hydrogens is 318 g/mol. The SMILES string of the molecule is Cc1nc2ccc(NC(=O)CNC(=O)c3cccs3)cc2s1. The Kier molecular flexibility index (Phi) is 4.17. The molecule has 0 aliphatic carbocycles. The standard InChI is InChI=1S/C15H13N3O2S2/c1-9-17-11-5-4-10(7-13(11)22-9)18-14(19)8-16-15(20)12-3-2-6-21-12/h2-7H,8H2,1H3,(H,16,20)(H,18,19). The zero-order valence-corrected chi connectivity index (χ0v) is 13.4. The summed E-state index contributed by atoms with van der Waals surface area (Å²) >= 11 is 2.92. The summed E-state index contributed by atoms with van der Waals surface area (Å²) in [6.07, 6.45) is 0. The highest BCUT2D eigenvalue weighted by Crippen LogP contribution is 2.24. The Morgan fingerprint density at radius 3 is 2.91 bits per heavy atom. The van der Waals surface area contributed by atoms with Crippen molar-refractivity contribution in [3.05, 3.63) is 45.6 Å². The number of carbonyl (C=O) groups is 2. The Morgan fingerprint density at radius 1 is 1.27 bits per heavy atom. The molecule has 1 aromatic carbocycles. The molecule has 2 amide bonds. The summed E-state index contributed by atoms with van der Waals surface area (Å²) in [7, 11) is 0. The van der Waals surface area contributed by atoms with E-state index in [-0.39, 0.29) is 18.4 Å². The van der Waals surface area contributed by atoms with Gasteiger partial charge in [0.05, 0.1) is 26.6 Å². The van der Waals surface area contributed by atoms with E-state index < -0.39 is 0 Å². The maximum absolute atomic E-state index is 11.9. The predicted molar refractivity (Wildman–Crippen MR) is 89.6 cm³/mol. The molecule has 0 fully saturated rings. The van der Waals surface area contributed by atoms with Gasteiger partial charge in [-0.2, -0.15) is 0 Å². The molecule has 7 heteroatoms. The van der Waals surface area contributed by atoms with Gasteiger partial charge in [-0.15, -0.1) is 22.7 Å². The quantitative estimate of drug-likeness (QED) is 0.772. The first kappa shape index (κ1) is 14.7. The molecular formula is C15H13N3O2S2. The molecule has 3 aromatic rings. The number of fused-ring (bicyclic) bond motifs is 1. The number of aryl methyl sites for hydroxylation is 1. The zero-order valence-electron chi connectivity index (χ0n) is 11.8. The van der Waals surface area contributed by atoms with Crippen molar-refractivity contribution in [2.24, 2.45) is 0 Å². The molecule has 2 aromatic heterocycles. The number of anilines is 1. The Labute approximate surface area is 135 Å². The summed E-state index contributed by atoms with van der Waals surface area (Å²) in [5.41, 5.74) is 1.62. The van der Waals surface area contributed by atoms with Crippen LogP contribution in [-0.2, 0) is 4.79 Å². The second-order valence-electron chi connectivity index (χ2n) is 4.62. The first-order valence-corrected chi connectivity index (χ1v) is 8.30. The number of aromatic nitrogens is 1. The van der Waals surface area contributed by atoms with Crippen LogP contribution < -0.4 is 10.6 Å². The number of amides is 2. The lowest BCUT2D eigenvalue weighted by atomic mass is 10.3. The van der Waals surface area contributed by atoms with Crippen LogP contribution in [0.25, 0.3) is 10.2 Å². The summed E-state index contributed by atoms with van der Waals surface area (Å²) in [5.74, 6) is -0.496. The number of carbonyl (C=O) groups excluding carboxylic acids is 2. The third kappa shape index (κ3) is 3.32. The Bertz CT molecular complexity index is 825. The number of thiophene rings is 1. The number of nitrogens with zero attached hydrogens (tertiary/aromatic N) is 1. The molecule has 112 valence electrons. The molecule has 0 saturated carbocycles. The minimum atomic E-state index is -0.259. The number of nitrogens with one attached hydrogen (secondary N) is 2. The van der Waals surface area contributed by atoms with E-state index >= 15 is 0 Å². The fourth-order valence-corrected chi connectivity index (χ4v) is 3.48. The molecule has 2 N–H and O–H groups in total. The topological polar surface area (TPSA) is 71.1 Å². The smallest absolute Gasteiger partial charge is 0.261 e. The summed E-state index contributed by atoms with van der Waals surface area (Å²) in [6.45, 7) is 1.89. The van der Waals surface area contributed by atoms with Crippen molar-refractivity contribution in [2.75, 3.05) is 11.9 Å². The van der Waals surface area contributed by atoms with Crippen LogP contribution in [0.5, 0.6) is 0 Å². The van der Waals surface area contributed by atoms with E-state index in [1.807, 2.05) is 24.4 Å². The van der Waals surface area contributed by atoms with Crippen LogP contribution in [0.3, 0.4) is 0 Å². The summed E-state index contributed by atoms with van der Waals surface area (Å²) < 4.78 is 1.03. The molecule has 0 radical (unpaired) electrons.